The molecule has 2 rings (SSSR count). The maximum atomic E-state index is 5.52. The second kappa shape index (κ2) is 6.53. The maximum Gasteiger partial charge on any atom is 0.142 e. The van der Waals surface area contributed by atoms with Crippen molar-refractivity contribution in [1.82, 2.24) is 0 Å². The van der Waals surface area contributed by atoms with Crippen LogP contribution in [0.3, 0.4) is 0 Å². The van der Waals surface area contributed by atoms with Crippen LogP contribution in [0.1, 0.15) is 19.4 Å². The molecule has 0 saturated heterocycles. The van der Waals surface area contributed by atoms with Gasteiger partial charge in [-0.3, -0.25) is 0 Å². The Labute approximate surface area is 127 Å². The van der Waals surface area contributed by atoms with Crippen molar-refractivity contribution < 1.29 is 9.47 Å². The number of hydrogen-bond acceptors (Lipinski definition) is 3. The zero-order valence-corrected chi connectivity index (χ0v) is 13.4. The summed E-state index contributed by atoms with van der Waals surface area (Å²) in [6, 6.07) is 14.7. The lowest BCUT2D eigenvalue weighted by Crippen LogP contribution is -2.25. The molecule has 0 aliphatic rings. The van der Waals surface area contributed by atoms with Gasteiger partial charge in [0.25, 0.3) is 0 Å². The second-order valence-corrected chi connectivity index (χ2v) is 5.34. The Morgan fingerprint density at radius 3 is 2.10 bits per heavy atom. The molecule has 0 aromatic heterocycles. The van der Waals surface area contributed by atoms with Crippen molar-refractivity contribution in [2.75, 3.05) is 19.1 Å². The molecular formula is C18H23NO2. The van der Waals surface area contributed by atoms with E-state index >= 15 is 0 Å². The first-order chi connectivity index (χ1) is 10.1. The Balaban J connectivity index is 2.54. The molecule has 0 amide bonds. The van der Waals surface area contributed by atoms with E-state index in [1.165, 1.54) is 5.56 Å². The van der Waals surface area contributed by atoms with E-state index in [4.69, 9.17) is 9.47 Å². The lowest BCUT2D eigenvalue weighted by Gasteiger charge is -2.30. The zero-order valence-electron chi connectivity index (χ0n) is 13.4. The summed E-state index contributed by atoms with van der Waals surface area (Å²) in [5, 5.41) is 0. The Hall–Kier alpha value is -2.16. The highest BCUT2D eigenvalue weighted by Crippen LogP contribution is 2.38. The van der Waals surface area contributed by atoms with Crippen molar-refractivity contribution in [2.24, 2.45) is 0 Å². The van der Waals surface area contributed by atoms with Gasteiger partial charge in [-0.1, -0.05) is 17.7 Å². The minimum Gasteiger partial charge on any atom is -0.497 e. The number of ether oxygens (including phenoxy) is 2. The van der Waals surface area contributed by atoms with Gasteiger partial charge < -0.3 is 14.4 Å². The van der Waals surface area contributed by atoms with Gasteiger partial charge in [0.15, 0.2) is 0 Å². The van der Waals surface area contributed by atoms with E-state index in [0.717, 1.165) is 22.9 Å². The first-order valence-corrected chi connectivity index (χ1v) is 7.14. The molecule has 0 aliphatic carbocycles. The summed E-state index contributed by atoms with van der Waals surface area (Å²) in [7, 11) is 3.37. The van der Waals surface area contributed by atoms with Crippen LogP contribution in [0.5, 0.6) is 11.5 Å². The van der Waals surface area contributed by atoms with E-state index in [2.05, 4.69) is 49.9 Å². The lowest BCUT2D eigenvalue weighted by molar-refractivity contribution is 0.403. The van der Waals surface area contributed by atoms with Crippen LogP contribution in [0.15, 0.2) is 42.5 Å². The molecule has 0 N–H and O–H groups in total. The first-order valence-electron chi connectivity index (χ1n) is 7.14. The molecular weight excluding hydrogens is 262 g/mol. The summed E-state index contributed by atoms with van der Waals surface area (Å²) in [5.74, 6) is 1.66. The van der Waals surface area contributed by atoms with Crippen molar-refractivity contribution in [2.45, 2.75) is 26.8 Å². The van der Waals surface area contributed by atoms with Gasteiger partial charge in [0, 0.05) is 17.8 Å². The van der Waals surface area contributed by atoms with E-state index in [0.29, 0.717) is 6.04 Å². The highest BCUT2D eigenvalue weighted by molar-refractivity contribution is 5.71. The minimum atomic E-state index is 0.300. The van der Waals surface area contributed by atoms with Crippen LogP contribution in [0.4, 0.5) is 11.4 Å². The van der Waals surface area contributed by atoms with Crippen molar-refractivity contribution in [3.8, 4) is 11.5 Å². The third kappa shape index (κ3) is 3.30. The summed E-state index contributed by atoms with van der Waals surface area (Å²) in [6.45, 7) is 6.42. The van der Waals surface area contributed by atoms with E-state index in [-0.39, 0.29) is 0 Å². The fourth-order valence-electron chi connectivity index (χ4n) is 2.41. The monoisotopic (exact) mass is 285 g/mol. The number of rotatable bonds is 5. The first kappa shape index (κ1) is 15.2. The van der Waals surface area contributed by atoms with Gasteiger partial charge in [0.1, 0.15) is 11.5 Å². The highest BCUT2D eigenvalue weighted by atomic mass is 16.5. The Morgan fingerprint density at radius 2 is 1.57 bits per heavy atom. The third-order valence-electron chi connectivity index (χ3n) is 3.47. The van der Waals surface area contributed by atoms with E-state index in [1.54, 1.807) is 14.2 Å². The lowest BCUT2D eigenvalue weighted by atomic mass is 10.1. The summed E-state index contributed by atoms with van der Waals surface area (Å²) in [4.78, 5) is 2.25. The van der Waals surface area contributed by atoms with Crippen LogP contribution in [-0.4, -0.2) is 20.3 Å². The third-order valence-corrected chi connectivity index (χ3v) is 3.47. The summed E-state index contributed by atoms with van der Waals surface area (Å²) in [5.41, 5.74) is 3.40. The van der Waals surface area contributed by atoms with Gasteiger partial charge in [-0.05, 0) is 45.0 Å². The number of nitrogens with zero attached hydrogens (tertiary/aromatic N) is 1. The van der Waals surface area contributed by atoms with Gasteiger partial charge in [0.05, 0.1) is 19.9 Å². The molecule has 0 radical (unpaired) electrons. The Morgan fingerprint density at radius 1 is 0.905 bits per heavy atom. The van der Waals surface area contributed by atoms with Gasteiger partial charge in [0.2, 0.25) is 0 Å². The largest absolute Gasteiger partial charge is 0.497 e. The number of hydrogen-bond donors (Lipinski definition) is 0. The standard InChI is InChI=1S/C18H23NO2/c1-13(2)19(15-8-6-14(3)7-9-15)17-12-16(20-4)10-11-18(17)21-5/h6-13H,1-5H3. The zero-order chi connectivity index (χ0) is 15.4. The molecule has 112 valence electrons. The molecule has 0 unspecified atom stereocenters. The molecule has 0 spiro atoms. The van der Waals surface area contributed by atoms with Crippen LogP contribution in [0.2, 0.25) is 0 Å². The van der Waals surface area contributed by atoms with Crippen LogP contribution in [0.25, 0.3) is 0 Å². The Bertz CT molecular complexity index is 591. The number of benzene rings is 2. The second-order valence-electron chi connectivity index (χ2n) is 5.34. The fraction of sp³-hybridized carbons (Fsp3) is 0.333. The topological polar surface area (TPSA) is 21.7 Å². The van der Waals surface area contributed by atoms with Crippen molar-refractivity contribution in [1.29, 1.82) is 0 Å². The summed E-state index contributed by atoms with van der Waals surface area (Å²) < 4.78 is 10.9. The highest BCUT2D eigenvalue weighted by Gasteiger charge is 2.18. The average Bonchev–Trinajstić information content (AvgIpc) is 2.49. The van der Waals surface area contributed by atoms with Crippen LogP contribution in [0, 0.1) is 6.92 Å². The predicted molar refractivity (Wildman–Crippen MR) is 88.0 cm³/mol. The van der Waals surface area contributed by atoms with E-state index in [1.807, 2.05) is 18.2 Å². The molecule has 2 aromatic carbocycles. The quantitative estimate of drug-likeness (QED) is 0.804. The van der Waals surface area contributed by atoms with E-state index < -0.39 is 0 Å². The van der Waals surface area contributed by atoms with Crippen LogP contribution in [-0.2, 0) is 0 Å². The minimum absolute atomic E-state index is 0.300. The molecule has 0 fully saturated rings. The number of methoxy groups -OCH3 is 2. The van der Waals surface area contributed by atoms with Crippen molar-refractivity contribution >= 4 is 11.4 Å². The molecule has 3 heteroatoms. The normalized spacial score (nSPS) is 10.6. The SMILES string of the molecule is COc1ccc(OC)c(N(c2ccc(C)cc2)C(C)C)c1. The molecule has 3 nitrogen and oxygen atoms in total. The molecule has 0 heterocycles. The number of anilines is 2. The number of aryl methyl sites for hydroxylation is 1. The van der Waals surface area contributed by atoms with Crippen molar-refractivity contribution in [3.05, 3.63) is 48.0 Å². The average molecular weight is 285 g/mol. The van der Waals surface area contributed by atoms with Gasteiger partial charge in [-0.15, -0.1) is 0 Å². The fourth-order valence-corrected chi connectivity index (χ4v) is 2.41. The molecule has 21 heavy (non-hydrogen) atoms. The molecule has 0 bridgehead atoms. The predicted octanol–water partition coefficient (Wildman–Crippen LogP) is 4.56. The summed E-state index contributed by atoms with van der Waals surface area (Å²) >= 11 is 0. The van der Waals surface area contributed by atoms with Crippen molar-refractivity contribution in [3.63, 3.8) is 0 Å². The maximum absolute atomic E-state index is 5.52. The Kier molecular flexibility index (Phi) is 4.73. The van der Waals surface area contributed by atoms with Gasteiger partial charge >= 0.3 is 0 Å². The molecule has 0 saturated carbocycles. The summed E-state index contributed by atoms with van der Waals surface area (Å²) in [6.07, 6.45) is 0. The van der Waals surface area contributed by atoms with Crippen LogP contribution >= 0.6 is 0 Å². The molecule has 2 aromatic rings. The van der Waals surface area contributed by atoms with Gasteiger partial charge in [-0.25, -0.2) is 0 Å². The van der Waals surface area contributed by atoms with E-state index in [9.17, 15) is 0 Å². The van der Waals surface area contributed by atoms with Crippen LogP contribution < -0.4 is 14.4 Å². The molecule has 0 atom stereocenters. The smallest absolute Gasteiger partial charge is 0.142 e. The molecule has 0 aliphatic heterocycles. The van der Waals surface area contributed by atoms with Gasteiger partial charge in [-0.2, -0.15) is 0 Å².